The van der Waals surface area contributed by atoms with Crippen LogP contribution in [0, 0.1) is 5.82 Å². The van der Waals surface area contributed by atoms with Crippen LogP contribution in [-0.2, 0) is 6.18 Å². The molecule has 0 amide bonds. The predicted octanol–water partition coefficient (Wildman–Crippen LogP) is 5.79. The molecule has 1 saturated heterocycles. The number of halogens is 4. The average Bonchev–Trinajstić information content (AvgIpc) is 3.24. The standard InChI is InChI=1S/C26H32F4N6O/c1-3-31-22-14-21-19(15-33-22)24(16-9-12-35(2)13-10-16)34-36(21)17-4-6-18(7-5-17)37-25-23(27)20(8-11-32-25)26(28,29)30/h8,11,14-18H,3-7,9-10,12-13H2,1-2H3,(H,31,33)/t17-,18+. The zero-order valence-electron chi connectivity index (χ0n) is 21.1. The van der Waals surface area contributed by atoms with E-state index in [4.69, 9.17) is 9.84 Å². The lowest BCUT2D eigenvalue weighted by Gasteiger charge is -2.30. The van der Waals surface area contributed by atoms with Gasteiger partial charge in [0.2, 0.25) is 0 Å². The van der Waals surface area contributed by atoms with E-state index in [9.17, 15) is 17.6 Å². The molecule has 1 aliphatic heterocycles. The lowest BCUT2D eigenvalue weighted by atomic mass is 9.92. The van der Waals surface area contributed by atoms with Crippen molar-refractivity contribution in [2.24, 2.45) is 0 Å². The molecule has 0 bridgehead atoms. The second-order valence-electron chi connectivity index (χ2n) is 10.0. The van der Waals surface area contributed by atoms with Crippen LogP contribution in [0.15, 0.2) is 24.5 Å². The third-order valence-electron chi connectivity index (χ3n) is 7.51. The molecule has 4 heterocycles. The van der Waals surface area contributed by atoms with E-state index in [1.54, 1.807) is 0 Å². The number of hydrogen-bond donors (Lipinski definition) is 1. The second-order valence-corrected chi connectivity index (χ2v) is 10.0. The first-order valence-electron chi connectivity index (χ1n) is 12.9. The minimum Gasteiger partial charge on any atom is -0.472 e. The van der Waals surface area contributed by atoms with Gasteiger partial charge in [-0.05, 0) is 71.7 Å². The van der Waals surface area contributed by atoms with Crippen molar-refractivity contribution in [3.63, 3.8) is 0 Å². The number of fused-ring (bicyclic) bond motifs is 1. The molecule has 1 N–H and O–H groups in total. The number of aromatic nitrogens is 4. The van der Waals surface area contributed by atoms with Crippen LogP contribution < -0.4 is 10.1 Å². The Hall–Kier alpha value is -2.95. The third-order valence-corrected chi connectivity index (χ3v) is 7.51. The van der Waals surface area contributed by atoms with E-state index in [1.165, 1.54) is 0 Å². The van der Waals surface area contributed by atoms with Crippen LogP contribution in [0.25, 0.3) is 10.9 Å². The Labute approximate surface area is 213 Å². The van der Waals surface area contributed by atoms with Crippen molar-refractivity contribution >= 4 is 16.7 Å². The van der Waals surface area contributed by atoms with E-state index >= 15 is 0 Å². The first-order chi connectivity index (χ1) is 17.7. The highest BCUT2D eigenvalue weighted by molar-refractivity contribution is 5.84. The van der Waals surface area contributed by atoms with Crippen LogP contribution in [0.1, 0.15) is 68.7 Å². The van der Waals surface area contributed by atoms with Gasteiger partial charge in [-0.25, -0.2) is 14.4 Å². The summed E-state index contributed by atoms with van der Waals surface area (Å²) in [6.45, 7) is 4.85. The molecule has 5 rings (SSSR count). The number of nitrogens with one attached hydrogen (secondary N) is 1. The molecule has 2 aliphatic rings. The molecule has 7 nitrogen and oxygen atoms in total. The summed E-state index contributed by atoms with van der Waals surface area (Å²) in [7, 11) is 2.14. The summed E-state index contributed by atoms with van der Waals surface area (Å²) in [5.74, 6) is -0.870. The van der Waals surface area contributed by atoms with Gasteiger partial charge >= 0.3 is 6.18 Å². The highest BCUT2D eigenvalue weighted by Gasteiger charge is 2.37. The number of nitrogens with zero attached hydrogens (tertiary/aromatic N) is 5. The van der Waals surface area contributed by atoms with Crippen molar-refractivity contribution in [3.05, 3.63) is 41.6 Å². The fourth-order valence-electron chi connectivity index (χ4n) is 5.49. The van der Waals surface area contributed by atoms with Crippen molar-refractivity contribution in [1.82, 2.24) is 24.6 Å². The molecule has 0 unspecified atom stereocenters. The zero-order chi connectivity index (χ0) is 26.2. The number of likely N-dealkylation sites (tertiary alicyclic amines) is 1. The summed E-state index contributed by atoms with van der Waals surface area (Å²) in [6, 6.07) is 2.79. The van der Waals surface area contributed by atoms with Crippen LogP contribution in [0.3, 0.4) is 0 Å². The maximum Gasteiger partial charge on any atom is 0.419 e. The molecular weight excluding hydrogens is 488 g/mol. The molecule has 3 aromatic heterocycles. The highest BCUT2D eigenvalue weighted by Crippen LogP contribution is 2.39. The first kappa shape index (κ1) is 25.7. The number of ether oxygens (including phenoxy) is 1. The zero-order valence-corrected chi connectivity index (χ0v) is 21.1. The Kier molecular flexibility index (Phi) is 7.24. The van der Waals surface area contributed by atoms with Gasteiger partial charge < -0.3 is 15.0 Å². The Morgan fingerprint density at radius 1 is 1.08 bits per heavy atom. The van der Waals surface area contributed by atoms with Crippen molar-refractivity contribution in [1.29, 1.82) is 0 Å². The predicted molar refractivity (Wildman–Crippen MR) is 132 cm³/mol. The van der Waals surface area contributed by atoms with Gasteiger partial charge in [-0.15, -0.1) is 0 Å². The lowest BCUT2D eigenvalue weighted by molar-refractivity contribution is -0.140. The molecule has 1 saturated carbocycles. The lowest BCUT2D eigenvalue weighted by Crippen LogP contribution is -2.29. The average molecular weight is 521 g/mol. The largest absolute Gasteiger partial charge is 0.472 e. The first-order valence-corrected chi connectivity index (χ1v) is 12.9. The molecule has 200 valence electrons. The van der Waals surface area contributed by atoms with Gasteiger partial charge in [-0.1, -0.05) is 0 Å². The fourth-order valence-corrected chi connectivity index (χ4v) is 5.49. The van der Waals surface area contributed by atoms with Crippen LogP contribution in [0.4, 0.5) is 23.4 Å². The number of pyridine rings is 2. The molecule has 0 radical (unpaired) electrons. The summed E-state index contributed by atoms with van der Waals surface area (Å²) in [5.41, 5.74) is 0.767. The van der Waals surface area contributed by atoms with Gasteiger partial charge in [-0.3, -0.25) is 4.68 Å². The number of rotatable bonds is 6. The van der Waals surface area contributed by atoms with Gasteiger partial charge in [-0.2, -0.15) is 18.3 Å². The second kappa shape index (κ2) is 10.4. The van der Waals surface area contributed by atoms with Gasteiger partial charge in [0.25, 0.3) is 5.88 Å². The summed E-state index contributed by atoms with van der Waals surface area (Å²) in [4.78, 5) is 10.7. The van der Waals surface area contributed by atoms with Gasteiger partial charge in [0.05, 0.1) is 22.8 Å². The van der Waals surface area contributed by atoms with Crippen LogP contribution in [0.5, 0.6) is 5.88 Å². The quantitative estimate of drug-likeness (QED) is 0.415. The Balaban J connectivity index is 1.35. The Morgan fingerprint density at radius 2 is 1.81 bits per heavy atom. The molecule has 3 aromatic rings. The SMILES string of the molecule is CCNc1cc2c(cn1)c(C1CCN(C)CC1)nn2[C@H]1CC[C@@H](Oc2nccc(C(F)(F)F)c2F)CC1. The van der Waals surface area contributed by atoms with Crippen molar-refractivity contribution in [2.75, 3.05) is 32.0 Å². The smallest absolute Gasteiger partial charge is 0.419 e. The number of alkyl halides is 3. The van der Waals surface area contributed by atoms with E-state index in [0.29, 0.717) is 37.7 Å². The molecule has 0 aromatic carbocycles. The van der Waals surface area contributed by atoms with Crippen LogP contribution in [0.2, 0.25) is 0 Å². The van der Waals surface area contributed by atoms with E-state index in [-0.39, 0.29) is 6.04 Å². The molecule has 37 heavy (non-hydrogen) atoms. The summed E-state index contributed by atoms with van der Waals surface area (Å²) in [6.07, 6.45) is 2.32. The number of anilines is 1. The topological polar surface area (TPSA) is 68.1 Å². The van der Waals surface area contributed by atoms with E-state index in [2.05, 4.69) is 38.0 Å². The number of piperidine rings is 1. The maximum atomic E-state index is 14.4. The Bertz CT molecular complexity index is 1230. The van der Waals surface area contributed by atoms with Gasteiger partial charge in [0.1, 0.15) is 11.9 Å². The minimum absolute atomic E-state index is 0.110. The molecule has 1 aliphatic carbocycles. The van der Waals surface area contributed by atoms with Crippen molar-refractivity contribution in [3.8, 4) is 5.88 Å². The maximum absolute atomic E-state index is 14.4. The summed E-state index contributed by atoms with van der Waals surface area (Å²) < 4.78 is 61.3. The minimum atomic E-state index is -4.80. The molecule has 0 spiro atoms. The number of hydrogen-bond acceptors (Lipinski definition) is 6. The highest BCUT2D eigenvalue weighted by atomic mass is 19.4. The summed E-state index contributed by atoms with van der Waals surface area (Å²) in [5, 5.41) is 9.47. The van der Waals surface area contributed by atoms with E-state index < -0.39 is 29.5 Å². The van der Waals surface area contributed by atoms with E-state index in [0.717, 1.165) is 61.1 Å². The third kappa shape index (κ3) is 5.37. The summed E-state index contributed by atoms with van der Waals surface area (Å²) >= 11 is 0. The Morgan fingerprint density at radius 3 is 2.49 bits per heavy atom. The van der Waals surface area contributed by atoms with Crippen molar-refractivity contribution in [2.45, 2.75) is 69.7 Å². The molecule has 2 fully saturated rings. The van der Waals surface area contributed by atoms with E-state index in [1.807, 2.05) is 13.1 Å². The molecular formula is C26H32F4N6O. The monoisotopic (exact) mass is 520 g/mol. The molecule has 0 atom stereocenters. The van der Waals surface area contributed by atoms with Crippen molar-refractivity contribution < 1.29 is 22.3 Å². The molecule has 11 heteroatoms. The van der Waals surface area contributed by atoms with Crippen LogP contribution >= 0.6 is 0 Å². The van der Waals surface area contributed by atoms with Gasteiger partial charge in [0.15, 0.2) is 5.82 Å². The normalized spacial score (nSPS) is 21.9. The van der Waals surface area contributed by atoms with Crippen LogP contribution in [-0.4, -0.2) is 57.4 Å². The fraction of sp³-hybridized carbons (Fsp3) is 0.577. The van der Waals surface area contributed by atoms with Gasteiger partial charge in [0, 0.05) is 36.3 Å².